The van der Waals surface area contributed by atoms with E-state index < -0.39 is 0 Å². The predicted octanol–water partition coefficient (Wildman–Crippen LogP) is -1.14. The highest BCUT2D eigenvalue weighted by Crippen LogP contribution is 1.89. The summed E-state index contributed by atoms with van der Waals surface area (Å²) in [7, 11) is 0. The van der Waals surface area contributed by atoms with Crippen LogP contribution in [0.1, 0.15) is 0 Å². The molecule has 3 heteroatoms. The lowest BCUT2D eigenvalue weighted by molar-refractivity contribution is 0.271. The summed E-state index contributed by atoms with van der Waals surface area (Å²) in [6.07, 6.45) is 2.54. The van der Waals surface area contributed by atoms with Crippen LogP contribution in [0.15, 0.2) is 4.99 Å². The molecule has 0 fully saturated rings. The van der Waals surface area contributed by atoms with Crippen molar-refractivity contribution in [2.45, 2.75) is 6.04 Å². The minimum absolute atomic E-state index is 0.0556. The first-order chi connectivity index (χ1) is 3.43. The van der Waals surface area contributed by atoms with Crippen LogP contribution in [-0.2, 0) is 0 Å². The van der Waals surface area contributed by atoms with Gasteiger partial charge in [0.2, 0.25) is 0 Å². The van der Waals surface area contributed by atoms with Gasteiger partial charge >= 0.3 is 0 Å². The average Bonchev–Trinajstić information content (AvgIpc) is 2.14. The maximum absolute atomic E-state index is 8.39. The molecule has 0 bridgehead atoms. The zero-order valence-corrected chi connectivity index (χ0v) is 3.89. The molecule has 1 radical (unpaired) electrons. The summed E-state index contributed by atoms with van der Waals surface area (Å²) in [5, 5.41) is 11.1. The van der Waals surface area contributed by atoms with Crippen LogP contribution in [0.4, 0.5) is 0 Å². The van der Waals surface area contributed by atoms with E-state index in [2.05, 4.69) is 16.6 Å². The summed E-state index contributed by atoms with van der Waals surface area (Å²) in [5.74, 6) is 0. The quantitative estimate of drug-likeness (QED) is 0.436. The standard InChI is InChI=1S/C4H7N2O/c7-2-4-1-5-3-6-4/h4,7H,1-2H2,(H,5,6). The van der Waals surface area contributed by atoms with Crippen LogP contribution in [0.3, 0.4) is 0 Å². The lowest BCUT2D eigenvalue weighted by Gasteiger charge is -1.95. The molecule has 1 heterocycles. The summed E-state index contributed by atoms with van der Waals surface area (Å²) >= 11 is 0. The van der Waals surface area contributed by atoms with E-state index in [9.17, 15) is 0 Å². The molecule has 7 heavy (non-hydrogen) atoms. The molecular weight excluding hydrogens is 92.1 g/mol. The summed E-state index contributed by atoms with van der Waals surface area (Å²) in [4.78, 5) is 3.74. The van der Waals surface area contributed by atoms with Crippen molar-refractivity contribution in [3.8, 4) is 0 Å². The van der Waals surface area contributed by atoms with Crippen LogP contribution < -0.4 is 5.32 Å². The van der Waals surface area contributed by atoms with Gasteiger partial charge in [-0.05, 0) is 0 Å². The Hall–Kier alpha value is -0.570. The molecular formula is C4H7N2O. The summed E-state index contributed by atoms with van der Waals surface area (Å²) in [5.41, 5.74) is 0. The maximum atomic E-state index is 8.39. The van der Waals surface area contributed by atoms with Crippen molar-refractivity contribution in [3.05, 3.63) is 0 Å². The van der Waals surface area contributed by atoms with E-state index in [4.69, 9.17) is 5.11 Å². The predicted molar refractivity (Wildman–Crippen MR) is 26.3 cm³/mol. The fourth-order valence-electron chi connectivity index (χ4n) is 0.451. The molecule has 0 aromatic heterocycles. The zero-order chi connectivity index (χ0) is 5.11. The van der Waals surface area contributed by atoms with Crippen molar-refractivity contribution in [2.75, 3.05) is 13.2 Å². The Morgan fingerprint density at radius 2 is 2.86 bits per heavy atom. The van der Waals surface area contributed by atoms with Crippen molar-refractivity contribution in [1.29, 1.82) is 0 Å². The number of nitrogens with zero attached hydrogens (tertiary/aromatic N) is 1. The Kier molecular flexibility index (Phi) is 1.26. The van der Waals surface area contributed by atoms with Crippen molar-refractivity contribution in [2.24, 2.45) is 4.99 Å². The molecule has 0 saturated carbocycles. The molecule has 0 amide bonds. The van der Waals surface area contributed by atoms with E-state index in [1.807, 2.05) is 0 Å². The number of nitrogens with one attached hydrogen (secondary N) is 1. The van der Waals surface area contributed by atoms with E-state index in [1.54, 1.807) is 0 Å². The lowest BCUT2D eigenvalue weighted by atomic mass is 10.3. The Bertz CT molecular complexity index is 81.8. The van der Waals surface area contributed by atoms with Crippen LogP contribution in [0.5, 0.6) is 0 Å². The molecule has 1 aliphatic heterocycles. The van der Waals surface area contributed by atoms with Crippen LogP contribution in [0.25, 0.3) is 0 Å². The normalized spacial score (nSPS) is 27.9. The van der Waals surface area contributed by atoms with Gasteiger partial charge in [0.1, 0.15) is 0 Å². The van der Waals surface area contributed by atoms with Gasteiger partial charge in [-0.1, -0.05) is 0 Å². The molecule has 1 unspecified atom stereocenters. The van der Waals surface area contributed by atoms with E-state index in [0.717, 1.165) is 6.54 Å². The monoisotopic (exact) mass is 99.1 g/mol. The van der Waals surface area contributed by atoms with E-state index in [0.29, 0.717) is 0 Å². The fourth-order valence-corrected chi connectivity index (χ4v) is 0.451. The highest BCUT2D eigenvalue weighted by molar-refractivity contribution is 5.57. The average molecular weight is 99.1 g/mol. The van der Waals surface area contributed by atoms with Gasteiger partial charge in [0.25, 0.3) is 0 Å². The minimum atomic E-state index is 0.0556. The summed E-state index contributed by atoms with van der Waals surface area (Å²) < 4.78 is 0. The first-order valence-electron chi connectivity index (χ1n) is 2.22. The van der Waals surface area contributed by atoms with Gasteiger partial charge < -0.3 is 10.4 Å². The molecule has 1 rings (SSSR count). The summed E-state index contributed by atoms with van der Waals surface area (Å²) in [6.45, 7) is 0.858. The van der Waals surface area contributed by atoms with Gasteiger partial charge in [0.15, 0.2) is 6.34 Å². The Morgan fingerprint density at radius 1 is 2.00 bits per heavy atom. The fraction of sp³-hybridized carbons (Fsp3) is 0.750. The molecule has 1 aliphatic rings. The third kappa shape index (κ3) is 0.899. The molecule has 0 saturated heterocycles. The van der Waals surface area contributed by atoms with E-state index >= 15 is 0 Å². The first-order valence-corrected chi connectivity index (χ1v) is 2.22. The third-order valence-electron chi connectivity index (χ3n) is 0.875. The van der Waals surface area contributed by atoms with Gasteiger partial charge in [-0.2, -0.15) is 0 Å². The van der Waals surface area contributed by atoms with E-state index in [1.165, 1.54) is 0 Å². The van der Waals surface area contributed by atoms with Crippen LogP contribution in [-0.4, -0.2) is 30.6 Å². The SMILES string of the molecule is OCC1CN[C]=N1. The van der Waals surface area contributed by atoms with Gasteiger partial charge in [-0.25, -0.2) is 0 Å². The minimum Gasteiger partial charge on any atom is -0.394 e. The highest BCUT2D eigenvalue weighted by Gasteiger charge is 2.06. The molecule has 39 valence electrons. The van der Waals surface area contributed by atoms with Gasteiger partial charge in [-0.15, -0.1) is 0 Å². The molecule has 0 aromatic rings. The largest absolute Gasteiger partial charge is 0.394 e. The van der Waals surface area contributed by atoms with Gasteiger partial charge in [0.05, 0.1) is 12.6 Å². The second-order valence-corrected chi connectivity index (χ2v) is 1.46. The molecule has 0 aliphatic carbocycles. The second kappa shape index (κ2) is 1.93. The Morgan fingerprint density at radius 3 is 3.14 bits per heavy atom. The topological polar surface area (TPSA) is 44.6 Å². The van der Waals surface area contributed by atoms with Crippen LogP contribution >= 0.6 is 0 Å². The molecule has 0 aromatic carbocycles. The van der Waals surface area contributed by atoms with Crippen molar-refractivity contribution in [1.82, 2.24) is 5.32 Å². The molecule has 2 N–H and O–H groups in total. The van der Waals surface area contributed by atoms with Gasteiger partial charge in [-0.3, -0.25) is 4.99 Å². The van der Waals surface area contributed by atoms with Crippen molar-refractivity contribution < 1.29 is 5.11 Å². The number of aliphatic imine (C=N–C) groups is 1. The maximum Gasteiger partial charge on any atom is 0.164 e. The lowest BCUT2D eigenvalue weighted by Crippen LogP contribution is -2.18. The Balaban J connectivity index is 2.28. The second-order valence-electron chi connectivity index (χ2n) is 1.46. The van der Waals surface area contributed by atoms with Crippen LogP contribution in [0, 0.1) is 0 Å². The van der Waals surface area contributed by atoms with Crippen molar-refractivity contribution in [3.63, 3.8) is 0 Å². The number of aliphatic hydroxyl groups excluding tert-OH is 1. The number of rotatable bonds is 1. The van der Waals surface area contributed by atoms with Crippen molar-refractivity contribution >= 4 is 6.34 Å². The Labute approximate surface area is 42.1 Å². The first kappa shape index (κ1) is 4.59. The van der Waals surface area contributed by atoms with Crippen LogP contribution in [0.2, 0.25) is 0 Å². The third-order valence-corrected chi connectivity index (χ3v) is 0.875. The summed E-state index contributed by atoms with van der Waals surface area (Å²) in [6, 6.07) is 0.0556. The highest BCUT2D eigenvalue weighted by atomic mass is 16.3. The number of aliphatic hydroxyl groups is 1. The number of hydrogen-bond acceptors (Lipinski definition) is 3. The zero-order valence-electron chi connectivity index (χ0n) is 3.89. The van der Waals surface area contributed by atoms with E-state index in [-0.39, 0.29) is 12.6 Å². The van der Waals surface area contributed by atoms with Gasteiger partial charge in [0, 0.05) is 6.54 Å². The molecule has 3 nitrogen and oxygen atoms in total. The molecule has 1 atom stereocenters. The molecule has 0 spiro atoms. The number of hydrogen-bond donors (Lipinski definition) is 2. The smallest absolute Gasteiger partial charge is 0.164 e.